The Kier molecular flexibility index (Phi) is 4.95. The van der Waals surface area contributed by atoms with Gasteiger partial charge in [0.05, 0.1) is 5.02 Å². The van der Waals surface area contributed by atoms with E-state index in [1.165, 1.54) is 6.20 Å². The highest BCUT2D eigenvalue weighted by Crippen LogP contribution is 2.23. The molecule has 0 unspecified atom stereocenters. The van der Waals surface area contributed by atoms with Crippen molar-refractivity contribution in [3.8, 4) is 17.4 Å². The Morgan fingerprint density at radius 1 is 1.09 bits per heavy atom. The van der Waals surface area contributed by atoms with Gasteiger partial charge in [-0.25, -0.2) is 9.78 Å². The van der Waals surface area contributed by atoms with Crippen LogP contribution in [0, 0.1) is 0 Å². The Balaban J connectivity index is 1.58. The van der Waals surface area contributed by atoms with E-state index in [1.54, 1.807) is 41.3 Å². The van der Waals surface area contributed by atoms with Crippen LogP contribution in [0.1, 0.15) is 0 Å². The first-order chi connectivity index (χ1) is 11.2. The number of rotatable bonds is 3. The predicted molar refractivity (Wildman–Crippen MR) is 86.2 cm³/mol. The van der Waals surface area contributed by atoms with Crippen LogP contribution in [-0.4, -0.2) is 42.2 Å². The molecule has 1 aliphatic rings. The largest absolute Gasteiger partial charge is 0.439 e. The summed E-state index contributed by atoms with van der Waals surface area (Å²) < 4.78 is 10.9. The Hall–Kier alpha value is -2.31. The number of amides is 1. The molecule has 0 atom stereocenters. The van der Waals surface area contributed by atoms with Crippen LogP contribution in [-0.2, 0) is 0 Å². The Bertz CT molecular complexity index is 655. The monoisotopic (exact) mass is 333 g/mol. The third kappa shape index (κ3) is 4.34. The van der Waals surface area contributed by atoms with Gasteiger partial charge in [-0.05, 0) is 30.3 Å². The van der Waals surface area contributed by atoms with Gasteiger partial charge in [-0.15, -0.1) is 0 Å². The van der Waals surface area contributed by atoms with Crippen LogP contribution < -0.4 is 14.8 Å². The van der Waals surface area contributed by atoms with Crippen LogP contribution in [0.4, 0.5) is 4.79 Å². The molecule has 0 bridgehead atoms. The lowest BCUT2D eigenvalue weighted by molar-refractivity contribution is 0.146. The molecule has 1 fully saturated rings. The molecule has 1 aliphatic heterocycles. The fraction of sp³-hybridized carbons (Fsp3) is 0.250. The summed E-state index contributed by atoms with van der Waals surface area (Å²) in [5.41, 5.74) is 0. The fourth-order valence-corrected chi connectivity index (χ4v) is 2.24. The van der Waals surface area contributed by atoms with Crippen LogP contribution in [0.5, 0.6) is 17.4 Å². The molecule has 1 aromatic carbocycles. The standard InChI is InChI=1S/C16H16ClN3O3/c17-12-1-6-15(19-11-12)22-13-2-4-14(5-3-13)23-16(21)20-9-7-18-8-10-20/h1-6,11,18H,7-10H2. The molecule has 2 heterocycles. The number of carbonyl (C=O) groups is 1. The van der Waals surface area contributed by atoms with E-state index < -0.39 is 0 Å². The highest BCUT2D eigenvalue weighted by Gasteiger charge is 2.17. The van der Waals surface area contributed by atoms with Crippen LogP contribution >= 0.6 is 11.6 Å². The quantitative estimate of drug-likeness (QED) is 0.935. The highest BCUT2D eigenvalue weighted by molar-refractivity contribution is 6.30. The maximum absolute atomic E-state index is 12.0. The zero-order valence-electron chi connectivity index (χ0n) is 12.4. The number of aromatic nitrogens is 1. The minimum atomic E-state index is -0.334. The number of halogens is 1. The van der Waals surface area contributed by atoms with Crippen molar-refractivity contribution in [1.82, 2.24) is 15.2 Å². The van der Waals surface area contributed by atoms with E-state index in [0.717, 1.165) is 13.1 Å². The smallest absolute Gasteiger partial charge is 0.415 e. The van der Waals surface area contributed by atoms with E-state index in [-0.39, 0.29) is 6.09 Å². The summed E-state index contributed by atoms with van der Waals surface area (Å²) in [4.78, 5) is 17.7. The van der Waals surface area contributed by atoms with Crippen LogP contribution in [0.25, 0.3) is 0 Å². The van der Waals surface area contributed by atoms with Crippen molar-refractivity contribution in [1.29, 1.82) is 0 Å². The normalized spacial score (nSPS) is 14.4. The molecule has 3 rings (SSSR count). The van der Waals surface area contributed by atoms with Gasteiger partial charge >= 0.3 is 6.09 Å². The zero-order valence-corrected chi connectivity index (χ0v) is 13.1. The summed E-state index contributed by atoms with van der Waals surface area (Å²) in [6.45, 7) is 2.89. The second kappa shape index (κ2) is 7.30. The molecule has 0 radical (unpaired) electrons. The van der Waals surface area contributed by atoms with E-state index in [2.05, 4.69) is 10.3 Å². The number of piperazine rings is 1. The molecule has 0 saturated carbocycles. The molecule has 1 N–H and O–H groups in total. The number of carbonyl (C=O) groups excluding carboxylic acids is 1. The molecule has 0 aliphatic carbocycles. The van der Waals surface area contributed by atoms with Crippen molar-refractivity contribution >= 4 is 17.7 Å². The summed E-state index contributed by atoms with van der Waals surface area (Å²) in [5.74, 6) is 1.52. The minimum Gasteiger partial charge on any atom is -0.439 e. The lowest BCUT2D eigenvalue weighted by Crippen LogP contribution is -2.47. The third-order valence-corrected chi connectivity index (χ3v) is 3.55. The number of nitrogens with zero attached hydrogens (tertiary/aromatic N) is 2. The van der Waals surface area contributed by atoms with Crippen LogP contribution in [0.2, 0.25) is 5.02 Å². The third-order valence-electron chi connectivity index (χ3n) is 3.33. The number of pyridine rings is 1. The second-order valence-electron chi connectivity index (χ2n) is 4.99. The molecule has 1 aromatic heterocycles. The summed E-state index contributed by atoms with van der Waals surface area (Å²) in [5, 5.41) is 3.74. The van der Waals surface area contributed by atoms with Crippen LogP contribution in [0.3, 0.4) is 0 Å². The molecule has 2 aromatic rings. The molecule has 1 saturated heterocycles. The maximum atomic E-state index is 12.0. The first-order valence-corrected chi connectivity index (χ1v) is 7.65. The molecule has 1 amide bonds. The Morgan fingerprint density at radius 2 is 1.78 bits per heavy atom. The van der Waals surface area contributed by atoms with Gasteiger partial charge in [0, 0.05) is 38.4 Å². The fourth-order valence-electron chi connectivity index (χ4n) is 2.13. The first-order valence-electron chi connectivity index (χ1n) is 7.28. The van der Waals surface area contributed by atoms with Gasteiger partial charge in [-0.2, -0.15) is 0 Å². The van der Waals surface area contributed by atoms with Gasteiger partial charge < -0.3 is 19.7 Å². The Labute approximate surface area is 139 Å². The number of nitrogens with one attached hydrogen (secondary N) is 1. The summed E-state index contributed by atoms with van der Waals surface area (Å²) in [6, 6.07) is 10.2. The van der Waals surface area contributed by atoms with Gasteiger partial charge in [0.15, 0.2) is 0 Å². The van der Waals surface area contributed by atoms with Gasteiger partial charge in [-0.1, -0.05) is 11.6 Å². The van der Waals surface area contributed by atoms with Crippen molar-refractivity contribution < 1.29 is 14.3 Å². The summed E-state index contributed by atoms with van der Waals surface area (Å²) in [7, 11) is 0. The first kappa shape index (κ1) is 15.6. The average Bonchev–Trinajstić information content (AvgIpc) is 2.59. The zero-order chi connectivity index (χ0) is 16.1. The van der Waals surface area contributed by atoms with E-state index in [1.807, 2.05) is 0 Å². The lowest BCUT2D eigenvalue weighted by Gasteiger charge is -2.26. The molecular formula is C16H16ClN3O3. The van der Waals surface area contributed by atoms with E-state index in [4.69, 9.17) is 21.1 Å². The second-order valence-corrected chi connectivity index (χ2v) is 5.43. The molecule has 23 heavy (non-hydrogen) atoms. The molecule has 0 spiro atoms. The highest BCUT2D eigenvalue weighted by atomic mass is 35.5. The SMILES string of the molecule is O=C(Oc1ccc(Oc2ccc(Cl)cn2)cc1)N1CCNCC1. The maximum Gasteiger partial charge on any atom is 0.415 e. The predicted octanol–water partition coefficient (Wildman–Crippen LogP) is 2.93. The van der Waals surface area contributed by atoms with Crippen LogP contribution in [0.15, 0.2) is 42.6 Å². The van der Waals surface area contributed by atoms with Crippen molar-refractivity contribution in [2.45, 2.75) is 0 Å². The van der Waals surface area contributed by atoms with Crippen molar-refractivity contribution in [2.75, 3.05) is 26.2 Å². The minimum absolute atomic E-state index is 0.334. The number of benzene rings is 1. The van der Waals surface area contributed by atoms with E-state index in [0.29, 0.717) is 35.5 Å². The van der Waals surface area contributed by atoms with E-state index in [9.17, 15) is 4.79 Å². The molecule has 6 nitrogen and oxygen atoms in total. The van der Waals surface area contributed by atoms with Crippen molar-refractivity contribution in [3.63, 3.8) is 0 Å². The number of hydrogen-bond donors (Lipinski definition) is 1. The number of ether oxygens (including phenoxy) is 2. The lowest BCUT2D eigenvalue weighted by atomic mass is 10.3. The summed E-state index contributed by atoms with van der Waals surface area (Å²) in [6.07, 6.45) is 1.18. The van der Waals surface area contributed by atoms with Crippen molar-refractivity contribution in [2.24, 2.45) is 0 Å². The van der Waals surface area contributed by atoms with Crippen molar-refractivity contribution in [3.05, 3.63) is 47.6 Å². The molecule has 120 valence electrons. The topological polar surface area (TPSA) is 63.7 Å². The van der Waals surface area contributed by atoms with Gasteiger partial charge in [0.1, 0.15) is 11.5 Å². The molecule has 7 heteroatoms. The van der Waals surface area contributed by atoms with E-state index >= 15 is 0 Å². The summed E-state index contributed by atoms with van der Waals surface area (Å²) >= 11 is 5.77. The van der Waals surface area contributed by atoms with Gasteiger partial charge in [0.2, 0.25) is 5.88 Å². The van der Waals surface area contributed by atoms with Gasteiger partial charge in [-0.3, -0.25) is 0 Å². The average molecular weight is 334 g/mol. The number of hydrogen-bond acceptors (Lipinski definition) is 5. The Morgan fingerprint density at radius 3 is 2.43 bits per heavy atom. The molecular weight excluding hydrogens is 318 g/mol. The van der Waals surface area contributed by atoms with Gasteiger partial charge in [0.25, 0.3) is 0 Å².